The van der Waals surface area contributed by atoms with Gasteiger partial charge in [0.15, 0.2) is 0 Å². The van der Waals surface area contributed by atoms with Crippen molar-refractivity contribution in [1.29, 1.82) is 0 Å². The zero-order valence-corrected chi connectivity index (χ0v) is 17.8. The van der Waals surface area contributed by atoms with E-state index in [1.807, 2.05) is 54.6 Å². The highest BCUT2D eigenvalue weighted by atomic mass is 16.6. The quantitative estimate of drug-likeness (QED) is 0.588. The summed E-state index contributed by atoms with van der Waals surface area (Å²) in [6, 6.07) is 17.8. The number of pyridine rings is 1. The number of carboxylic acid groups (broad SMARTS) is 1. The van der Waals surface area contributed by atoms with Gasteiger partial charge in [-0.3, -0.25) is 0 Å². The molecule has 0 radical (unpaired) electrons. The van der Waals surface area contributed by atoms with E-state index in [9.17, 15) is 14.7 Å². The fourth-order valence-corrected chi connectivity index (χ4v) is 2.98. The first-order valence-electron chi connectivity index (χ1n) is 9.99. The summed E-state index contributed by atoms with van der Waals surface area (Å²) in [7, 11) is 0. The van der Waals surface area contributed by atoms with Gasteiger partial charge in [0.05, 0.1) is 0 Å². The monoisotopic (exact) mass is 422 g/mol. The van der Waals surface area contributed by atoms with Crippen LogP contribution in [0.5, 0.6) is 5.75 Å². The van der Waals surface area contributed by atoms with E-state index in [0.29, 0.717) is 23.6 Å². The minimum absolute atomic E-state index is 0.0114. The molecular weight excluding hydrogens is 396 g/mol. The Hall–Kier alpha value is -3.61. The molecular formula is C24H26N2O5. The second kappa shape index (κ2) is 9.47. The van der Waals surface area contributed by atoms with Crippen LogP contribution in [0.1, 0.15) is 32.0 Å². The predicted molar refractivity (Wildman–Crippen MR) is 117 cm³/mol. The summed E-state index contributed by atoms with van der Waals surface area (Å²) in [5, 5.41) is 12.8. The fraction of sp³-hybridized carbons (Fsp3) is 0.292. The number of aliphatic carboxylic acids is 1. The maximum Gasteiger partial charge on any atom is 0.408 e. The molecule has 2 aromatic carbocycles. The molecule has 7 heteroatoms. The molecule has 1 unspecified atom stereocenters. The zero-order chi connectivity index (χ0) is 22.4. The maximum absolute atomic E-state index is 12.0. The van der Waals surface area contributed by atoms with Gasteiger partial charge in [-0.25, -0.2) is 14.6 Å². The minimum Gasteiger partial charge on any atom is -0.487 e. The van der Waals surface area contributed by atoms with Crippen LogP contribution in [-0.4, -0.2) is 33.8 Å². The molecule has 0 saturated heterocycles. The largest absolute Gasteiger partial charge is 0.487 e. The van der Waals surface area contributed by atoms with Gasteiger partial charge in [-0.05, 0) is 38.5 Å². The van der Waals surface area contributed by atoms with Crippen molar-refractivity contribution in [3.8, 4) is 5.75 Å². The number of carboxylic acids is 1. The van der Waals surface area contributed by atoms with Gasteiger partial charge >= 0.3 is 12.1 Å². The number of para-hydroxylation sites is 1. The number of alkyl carbamates (subject to hydrolysis) is 1. The summed E-state index contributed by atoms with van der Waals surface area (Å²) < 4.78 is 11.1. The van der Waals surface area contributed by atoms with E-state index < -0.39 is 23.7 Å². The highest BCUT2D eigenvalue weighted by Gasteiger charge is 2.25. The standard InChI is InChI=1S/C24H26N2O5/c1-24(2,3)31-23(29)26-19(22(27)28)14-18-13-12-17-10-7-11-20(21(17)25-18)30-15-16-8-5-4-6-9-16/h4-13,19H,14-15H2,1-3H3,(H,26,29)(H,27,28). The highest BCUT2D eigenvalue weighted by molar-refractivity contribution is 5.85. The normalized spacial score (nSPS) is 12.2. The molecule has 0 saturated carbocycles. The third kappa shape index (κ3) is 6.44. The van der Waals surface area contributed by atoms with Crippen molar-refractivity contribution in [3.05, 3.63) is 71.9 Å². The van der Waals surface area contributed by atoms with E-state index in [2.05, 4.69) is 10.3 Å². The van der Waals surface area contributed by atoms with Crippen LogP contribution in [0.2, 0.25) is 0 Å². The summed E-state index contributed by atoms with van der Waals surface area (Å²) in [5.74, 6) is -0.559. The second-order valence-electron chi connectivity index (χ2n) is 8.15. The Morgan fingerprint density at radius 3 is 2.45 bits per heavy atom. The molecule has 3 rings (SSSR count). The molecule has 1 heterocycles. The minimum atomic E-state index is -1.17. The molecule has 1 aromatic heterocycles. The summed E-state index contributed by atoms with van der Waals surface area (Å²) in [6.07, 6.45) is -0.773. The number of ether oxygens (including phenoxy) is 2. The van der Waals surface area contributed by atoms with Crippen molar-refractivity contribution in [1.82, 2.24) is 10.3 Å². The predicted octanol–water partition coefficient (Wildman–Crippen LogP) is 4.33. The number of amides is 1. The number of nitrogens with one attached hydrogen (secondary N) is 1. The SMILES string of the molecule is CC(C)(C)OC(=O)NC(Cc1ccc2cccc(OCc3ccccc3)c2n1)C(=O)O. The summed E-state index contributed by atoms with van der Waals surface area (Å²) in [6.45, 7) is 5.53. The third-order valence-electron chi connectivity index (χ3n) is 4.38. The van der Waals surface area contributed by atoms with Crippen LogP contribution in [0.3, 0.4) is 0 Å². The number of rotatable bonds is 7. The van der Waals surface area contributed by atoms with E-state index in [1.54, 1.807) is 26.8 Å². The molecule has 0 aliphatic carbocycles. The Labute approximate surface area is 181 Å². The molecule has 1 amide bonds. The van der Waals surface area contributed by atoms with Gasteiger partial charge in [0.2, 0.25) is 0 Å². The maximum atomic E-state index is 12.0. The first kappa shape index (κ1) is 22.1. The van der Waals surface area contributed by atoms with Crippen molar-refractivity contribution in [3.63, 3.8) is 0 Å². The van der Waals surface area contributed by atoms with E-state index >= 15 is 0 Å². The van der Waals surface area contributed by atoms with Crippen LogP contribution in [0.4, 0.5) is 4.79 Å². The van der Waals surface area contributed by atoms with Gasteiger partial charge < -0.3 is 19.9 Å². The third-order valence-corrected chi connectivity index (χ3v) is 4.38. The van der Waals surface area contributed by atoms with Gasteiger partial charge in [-0.2, -0.15) is 0 Å². The summed E-state index contributed by atoms with van der Waals surface area (Å²) in [4.78, 5) is 28.3. The number of carbonyl (C=O) groups excluding carboxylic acids is 1. The fourth-order valence-electron chi connectivity index (χ4n) is 2.98. The van der Waals surface area contributed by atoms with Crippen molar-refractivity contribution in [2.24, 2.45) is 0 Å². The average Bonchev–Trinajstić information content (AvgIpc) is 2.71. The molecule has 7 nitrogen and oxygen atoms in total. The van der Waals surface area contributed by atoms with E-state index in [1.165, 1.54) is 0 Å². The first-order chi connectivity index (χ1) is 14.7. The Morgan fingerprint density at radius 2 is 1.77 bits per heavy atom. The number of hydrogen-bond donors (Lipinski definition) is 2. The molecule has 2 N–H and O–H groups in total. The van der Waals surface area contributed by atoms with Crippen LogP contribution in [0.25, 0.3) is 10.9 Å². The van der Waals surface area contributed by atoms with Gasteiger partial charge in [0, 0.05) is 17.5 Å². The smallest absolute Gasteiger partial charge is 0.408 e. The molecule has 31 heavy (non-hydrogen) atoms. The molecule has 1 atom stereocenters. The van der Waals surface area contributed by atoms with Gasteiger partial charge in [-0.15, -0.1) is 0 Å². The number of hydrogen-bond acceptors (Lipinski definition) is 5. The Bertz CT molecular complexity index is 1060. The van der Waals surface area contributed by atoms with Gasteiger partial charge in [0.25, 0.3) is 0 Å². The van der Waals surface area contributed by atoms with Crippen LogP contribution in [-0.2, 0) is 22.6 Å². The van der Waals surface area contributed by atoms with Crippen molar-refractivity contribution < 1.29 is 24.2 Å². The van der Waals surface area contributed by atoms with Gasteiger partial charge in [-0.1, -0.05) is 48.5 Å². The topological polar surface area (TPSA) is 97.8 Å². The van der Waals surface area contributed by atoms with Crippen molar-refractivity contribution in [2.75, 3.05) is 0 Å². The Balaban J connectivity index is 1.78. The lowest BCUT2D eigenvalue weighted by atomic mass is 10.1. The highest BCUT2D eigenvalue weighted by Crippen LogP contribution is 2.25. The molecule has 0 aliphatic heterocycles. The number of fused-ring (bicyclic) bond motifs is 1. The van der Waals surface area contributed by atoms with Crippen LogP contribution >= 0.6 is 0 Å². The zero-order valence-electron chi connectivity index (χ0n) is 17.8. The van der Waals surface area contributed by atoms with Crippen LogP contribution in [0.15, 0.2) is 60.7 Å². The second-order valence-corrected chi connectivity index (χ2v) is 8.15. The lowest BCUT2D eigenvalue weighted by Gasteiger charge is -2.22. The van der Waals surface area contributed by atoms with Crippen LogP contribution < -0.4 is 10.1 Å². The van der Waals surface area contributed by atoms with Crippen molar-refractivity contribution in [2.45, 2.75) is 45.4 Å². The van der Waals surface area contributed by atoms with E-state index in [-0.39, 0.29) is 6.42 Å². The summed E-state index contributed by atoms with van der Waals surface area (Å²) in [5.41, 5.74) is 1.46. The molecule has 0 fully saturated rings. The van der Waals surface area contributed by atoms with E-state index in [0.717, 1.165) is 10.9 Å². The molecule has 0 bridgehead atoms. The molecule has 162 valence electrons. The lowest BCUT2D eigenvalue weighted by molar-refractivity contribution is -0.139. The molecule has 0 aliphatic rings. The Kier molecular flexibility index (Phi) is 6.74. The Morgan fingerprint density at radius 1 is 1.03 bits per heavy atom. The number of nitrogens with zero attached hydrogens (tertiary/aromatic N) is 1. The molecule has 3 aromatic rings. The van der Waals surface area contributed by atoms with E-state index in [4.69, 9.17) is 9.47 Å². The van der Waals surface area contributed by atoms with Crippen LogP contribution in [0, 0.1) is 0 Å². The van der Waals surface area contributed by atoms with Crippen molar-refractivity contribution >= 4 is 23.0 Å². The number of carbonyl (C=O) groups is 2. The summed E-state index contributed by atoms with van der Waals surface area (Å²) >= 11 is 0. The lowest BCUT2D eigenvalue weighted by Crippen LogP contribution is -2.44. The molecule has 0 spiro atoms. The number of benzene rings is 2. The first-order valence-corrected chi connectivity index (χ1v) is 9.99. The average molecular weight is 422 g/mol. The van der Waals surface area contributed by atoms with Gasteiger partial charge in [0.1, 0.15) is 29.5 Å². The number of aromatic nitrogens is 1.